The van der Waals surface area contributed by atoms with Crippen LogP contribution in [0.25, 0.3) is 0 Å². The second-order valence-corrected chi connectivity index (χ2v) is 12.2. The lowest BCUT2D eigenvalue weighted by atomic mass is 9.75. The average Bonchev–Trinajstić information content (AvgIpc) is 2.56. The summed E-state index contributed by atoms with van der Waals surface area (Å²) < 4.78 is 18.1. The number of hydrogen-bond donors (Lipinski definition) is 1. The molecule has 0 aromatic heterocycles. The van der Waals surface area contributed by atoms with E-state index in [0.717, 1.165) is 37.2 Å². The monoisotopic (exact) mass is 414 g/mol. The van der Waals surface area contributed by atoms with E-state index in [4.69, 9.17) is 13.3 Å². The van der Waals surface area contributed by atoms with Gasteiger partial charge in [0.05, 0.1) is 19.8 Å². The normalized spacial score (nSPS) is 33.7. The fourth-order valence-corrected chi connectivity index (χ4v) is 7.28. The zero-order valence-electron chi connectivity index (χ0n) is 17.8. The third-order valence-corrected chi connectivity index (χ3v) is 9.01. The maximum Gasteiger partial charge on any atom is 0.501 e. The number of piperidine rings is 1. The third kappa shape index (κ3) is 5.13. The molecule has 0 unspecified atom stereocenters. The first-order valence-electron chi connectivity index (χ1n) is 10.5. The second kappa shape index (κ2) is 8.67. The van der Waals surface area contributed by atoms with Crippen LogP contribution in [0.3, 0.4) is 0 Å². The van der Waals surface area contributed by atoms with Gasteiger partial charge in [-0.15, -0.1) is 10.3 Å². The van der Waals surface area contributed by atoms with Gasteiger partial charge in [0.2, 0.25) is 5.91 Å². The Balaban J connectivity index is 1.47. The molecule has 0 aliphatic carbocycles. The van der Waals surface area contributed by atoms with Crippen LogP contribution in [0.2, 0.25) is 6.04 Å². The van der Waals surface area contributed by atoms with E-state index in [9.17, 15) is 10.0 Å². The molecule has 4 saturated heterocycles. The van der Waals surface area contributed by atoms with Gasteiger partial charge < -0.3 is 18.6 Å². The van der Waals surface area contributed by atoms with Crippen molar-refractivity contribution in [3.63, 3.8) is 0 Å². The smallest absolute Gasteiger partial charge is 0.372 e. The van der Waals surface area contributed by atoms with Crippen molar-refractivity contribution in [1.29, 1.82) is 0 Å². The minimum Gasteiger partial charge on any atom is -0.372 e. The Labute approximate surface area is 169 Å². The Morgan fingerprint density at radius 2 is 1.50 bits per heavy atom. The van der Waals surface area contributed by atoms with Crippen molar-refractivity contribution in [1.82, 2.24) is 15.3 Å². The Hall–Kier alpha value is -0.553. The van der Waals surface area contributed by atoms with Crippen molar-refractivity contribution in [3.8, 4) is 0 Å². The third-order valence-electron chi connectivity index (χ3n) is 6.11. The fourth-order valence-electron chi connectivity index (χ4n) is 4.78. The van der Waals surface area contributed by atoms with Crippen LogP contribution in [-0.2, 0) is 23.3 Å². The molecule has 4 rings (SSSR count). The molecule has 4 heterocycles. The molecule has 4 aliphatic rings. The van der Waals surface area contributed by atoms with Crippen LogP contribution in [-0.4, -0.2) is 81.8 Å². The van der Waals surface area contributed by atoms with Crippen molar-refractivity contribution in [2.75, 3.05) is 46.0 Å². The average molecular weight is 415 g/mol. The predicted molar refractivity (Wildman–Crippen MR) is 106 cm³/mol. The van der Waals surface area contributed by atoms with Gasteiger partial charge in [-0.2, -0.15) is 0 Å². The van der Waals surface area contributed by atoms with Gasteiger partial charge in [-0.1, -0.05) is 0 Å². The number of rotatable bonds is 5. The summed E-state index contributed by atoms with van der Waals surface area (Å²) in [6, 6.07) is 0.725. The summed E-state index contributed by atoms with van der Waals surface area (Å²) in [6.07, 6.45) is 1.93. The standard InChI is InChI=1S/C19H36N3O5Si/c1-18(2)14-16(15-19(3,4)22(18)24)17(23)20-6-5-13-28-25-10-7-21(8-11-26-28)9-12-27-28/h16H,5-15H2,1-4H3,(H,20,23). The molecule has 9 heteroatoms. The summed E-state index contributed by atoms with van der Waals surface area (Å²) in [5.41, 5.74) is -1.06. The molecule has 0 saturated carbocycles. The SMILES string of the molecule is CC1(C)CC(C(=O)NCCC[Si]23OCCN(CCO2)CCO3)CC(C)(C)N1[O]. The quantitative estimate of drug-likeness (QED) is 0.541. The molecule has 0 aromatic carbocycles. The summed E-state index contributed by atoms with van der Waals surface area (Å²) >= 11 is 0. The largest absolute Gasteiger partial charge is 0.501 e. The first kappa shape index (κ1) is 22.1. The van der Waals surface area contributed by atoms with E-state index in [0.29, 0.717) is 39.2 Å². The van der Waals surface area contributed by atoms with E-state index in [-0.39, 0.29) is 11.8 Å². The highest BCUT2D eigenvalue weighted by Crippen LogP contribution is 2.40. The fraction of sp³-hybridized carbons (Fsp3) is 0.947. The number of carbonyl (C=O) groups is 1. The summed E-state index contributed by atoms with van der Waals surface area (Å²) in [4.78, 5) is 15.0. The van der Waals surface area contributed by atoms with Crippen LogP contribution in [0.4, 0.5) is 0 Å². The molecule has 1 N–H and O–H groups in total. The number of nitrogens with zero attached hydrogens (tertiary/aromatic N) is 2. The molecule has 1 amide bonds. The molecule has 2 bridgehead atoms. The van der Waals surface area contributed by atoms with Gasteiger partial charge in [0.25, 0.3) is 0 Å². The first-order valence-corrected chi connectivity index (χ1v) is 12.5. The molecule has 161 valence electrons. The van der Waals surface area contributed by atoms with E-state index in [1.807, 2.05) is 27.7 Å². The van der Waals surface area contributed by atoms with Gasteiger partial charge in [0, 0.05) is 49.2 Å². The Morgan fingerprint density at radius 1 is 1.00 bits per heavy atom. The van der Waals surface area contributed by atoms with Crippen molar-refractivity contribution in [2.24, 2.45) is 5.92 Å². The van der Waals surface area contributed by atoms with Crippen LogP contribution in [0.1, 0.15) is 47.0 Å². The molecule has 0 aromatic rings. The topological polar surface area (TPSA) is 83.2 Å². The number of hydrogen-bond acceptors (Lipinski definition) is 6. The Kier molecular flexibility index (Phi) is 6.85. The molecule has 0 spiro atoms. The molecule has 1 radical (unpaired) electrons. The Morgan fingerprint density at radius 3 is 2.00 bits per heavy atom. The zero-order valence-corrected chi connectivity index (χ0v) is 18.8. The van der Waals surface area contributed by atoms with Crippen LogP contribution in [0, 0.1) is 5.92 Å². The lowest BCUT2D eigenvalue weighted by molar-refractivity contribution is -0.292. The number of fused-ring (bicyclic) bond motifs is 6. The lowest BCUT2D eigenvalue weighted by Gasteiger charge is -2.49. The molecule has 4 aliphatic heterocycles. The summed E-state index contributed by atoms with van der Waals surface area (Å²) in [5.74, 6) is -0.0923. The number of hydroxylamine groups is 2. The van der Waals surface area contributed by atoms with Crippen molar-refractivity contribution in [2.45, 2.75) is 64.1 Å². The minimum atomic E-state index is -2.62. The van der Waals surface area contributed by atoms with Gasteiger partial charge in [-0.3, -0.25) is 9.69 Å². The van der Waals surface area contributed by atoms with Crippen LogP contribution >= 0.6 is 0 Å². The number of carbonyl (C=O) groups excluding carboxylic acids is 1. The molecular weight excluding hydrogens is 378 g/mol. The van der Waals surface area contributed by atoms with Crippen molar-refractivity contribution in [3.05, 3.63) is 0 Å². The minimum absolute atomic E-state index is 0.0437. The van der Waals surface area contributed by atoms with Gasteiger partial charge in [-0.25, -0.2) is 0 Å². The van der Waals surface area contributed by atoms with E-state index in [2.05, 4.69) is 10.2 Å². The van der Waals surface area contributed by atoms with E-state index >= 15 is 0 Å². The summed E-state index contributed by atoms with van der Waals surface area (Å²) in [7, 11) is -2.62. The highest BCUT2D eigenvalue weighted by molar-refractivity contribution is 6.60. The number of nitrogens with one attached hydrogen (secondary N) is 1. The zero-order chi connectivity index (χ0) is 20.4. The van der Waals surface area contributed by atoms with Gasteiger partial charge in [0.1, 0.15) is 0 Å². The molecule has 28 heavy (non-hydrogen) atoms. The highest BCUT2D eigenvalue weighted by Gasteiger charge is 2.48. The highest BCUT2D eigenvalue weighted by atomic mass is 28.4. The first-order chi connectivity index (χ1) is 13.1. The van der Waals surface area contributed by atoms with Crippen LogP contribution in [0.5, 0.6) is 0 Å². The summed E-state index contributed by atoms with van der Waals surface area (Å²) in [6.45, 7) is 13.0. The van der Waals surface area contributed by atoms with Gasteiger partial charge in [-0.05, 0) is 47.0 Å². The molecule has 4 fully saturated rings. The van der Waals surface area contributed by atoms with E-state index in [1.165, 1.54) is 0 Å². The van der Waals surface area contributed by atoms with Crippen LogP contribution in [0.15, 0.2) is 0 Å². The van der Waals surface area contributed by atoms with Crippen molar-refractivity contribution < 1.29 is 23.3 Å². The van der Waals surface area contributed by atoms with E-state index < -0.39 is 19.9 Å². The van der Waals surface area contributed by atoms with E-state index in [1.54, 1.807) is 0 Å². The van der Waals surface area contributed by atoms with Gasteiger partial charge >= 0.3 is 8.80 Å². The van der Waals surface area contributed by atoms with Crippen LogP contribution < -0.4 is 5.32 Å². The molecule has 8 nitrogen and oxygen atoms in total. The van der Waals surface area contributed by atoms with Gasteiger partial charge in [0.15, 0.2) is 0 Å². The molecule has 0 atom stereocenters. The number of amides is 1. The predicted octanol–water partition coefficient (Wildman–Crippen LogP) is 1.43. The summed E-state index contributed by atoms with van der Waals surface area (Å²) in [5, 5.41) is 16.7. The Bertz CT molecular complexity index is 515. The maximum atomic E-state index is 12.7. The second-order valence-electron chi connectivity index (χ2n) is 9.49. The molecular formula is C19H36N3O5Si. The lowest BCUT2D eigenvalue weighted by Crippen LogP contribution is -2.60. The van der Waals surface area contributed by atoms with Crippen molar-refractivity contribution >= 4 is 14.7 Å². The maximum absolute atomic E-state index is 12.7.